The summed E-state index contributed by atoms with van der Waals surface area (Å²) in [6.45, 7) is 1.43. The Kier molecular flexibility index (Phi) is 9.19. The Bertz CT molecular complexity index is 2040. The minimum atomic E-state index is -0.134. The van der Waals surface area contributed by atoms with Gasteiger partial charge in [-0.25, -0.2) is 9.59 Å². The molecule has 6 aromatic carbocycles. The van der Waals surface area contributed by atoms with Crippen LogP contribution in [0.25, 0.3) is 0 Å². The molecule has 0 spiro atoms. The summed E-state index contributed by atoms with van der Waals surface area (Å²) in [5.41, 5.74) is 5.60. The van der Waals surface area contributed by atoms with E-state index in [-0.39, 0.29) is 12.1 Å². The van der Waals surface area contributed by atoms with Crippen LogP contribution in [0, 0.1) is 0 Å². The van der Waals surface area contributed by atoms with Crippen LogP contribution < -0.4 is 29.9 Å². The summed E-state index contributed by atoms with van der Waals surface area (Å²) in [6, 6.07) is 50.3. The Labute approximate surface area is 285 Å². The first kappa shape index (κ1) is 31.1. The molecule has 2 aliphatic rings. The highest BCUT2D eigenvalue weighted by Gasteiger charge is 2.28. The van der Waals surface area contributed by atoms with E-state index in [4.69, 9.17) is 9.47 Å². The van der Waals surface area contributed by atoms with Gasteiger partial charge in [-0.2, -0.15) is 0 Å². The van der Waals surface area contributed by atoms with Crippen molar-refractivity contribution in [2.45, 2.75) is 19.6 Å². The molecule has 0 aliphatic carbocycles. The van der Waals surface area contributed by atoms with Crippen molar-refractivity contribution in [2.75, 3.05) is 9.80 Å². The third-order valence-electron chi connectivity index (χ3n) is 8.17. The van der Waals surface area contributed by atoms with Crippen LogP contribution >= 0.6 is 0 Å². The highest BCUT2D eigenvalue weighted by atomic mass is 16.5. The van der Waals surface area contributed by atoms with Crippen LogP contribution in [-0.4, -0.2) is 12.1 Å². The number of carbonyl (C=O) groups excluding carboxylic acids is 2. The van der Waals surface area contributed by atoms with Gasteiger partial charge in [0.15, 0.2) is 0 Å². The Hall–Kier alpha value is -6.54. The molecule has 0 saturated heterocycles. The molecule has 0 bridgehead atoms. The number of ether oxygens (including phenoxy) is 2. The van der Waals surface area contributed by atoms with Gasteiger partial charge in [0.05, 0.1) is 36.7 Å². The van der Waals surface area contributed by atoms with E-state index >= 15 is 0 Å². The Balaban J connectivity index is 0.000000154. The number of fused-ring (bicyclic) bond motifs is 2. The minimum absolute atomic E-state index is 0.0896. The maximum absolute atomic E-state index is 12.4. The molecular weight excluding hydrogens is 612 g/mol. The number of amides is 4. The summed E-state index contributed by atoms with van der Waals surface area (Å²) in [5.74, 6) is 3.07. The number of hydrogen-bond acceptors (Lipinski definition) is 4. The van der Waals surface area contributed by atoms with E-state index in [0.717, 1.165) is 56.8 Å². The molecule has 0 aromatic heterocycles. The molecule has 49 heavy (non-hydrogen) atoms. The maximum atomic E-state index is 12.4. The molecular formula is C41H34N4O4. The average Bonchev–Trinajstić information content (AvgIpc) is 3.15. The number of carbonyl (C=O) groups is 2. The second kappa shape index (κ2) is 14.5. The number of rotatable bonds is 7. The average molecular weight is 647 g/mol. The van der Waals surface area contributed by atoms with Gasteiger partial charge in [0.25, 0.3) is 0 Å². The highest BCUT2D eigenvalue weighted by molar-refractivity contribution is 6.02. The van der Waals surface area contributed by atoms with Crippen molar-refractivity contribution in [3.8, 4) is 23.0 Å². The largest absolute Gasteiger partial charge is 0.457 e. The Morgan fingerprint density at radius 3 is 1.53 bits per heavy atom. The number of nitrogens with zero attached hydrogens (tertiary/aromatic N) is 2. The zero-order chi connectivity index (χ0) is 33.4. The summed E-state index contributed by atoms with van der Waals surface area (Å²) in [5, 5.41) is 5.86. The van der Waals surface area contributed by atoms with Crippen LogP contribution in [0.2, 0.25) is 0 Å². The first-order chi connectivity index (χ1) is 24.1. The summed E-state index contributed by atoms with van der Waals surface area (Å²) in [6.07, 6.45) is 0. The molecule has 242 valence electrons. The van der Waals surface area contributed by atoms with E-state index in [9.17, 15) is 9.59 Å². The van der Waals surface area contributed by atoms with Crippen molar-refractivity contribution in [3.05, 3.63) is 174 Å². The van der Waals surface area contributed by atoms with Crippen molar-refractivity contribution in [3.63, 3.8) is 0 Å². The first-order valence-corrected chi connectivity index (χ1v) is 16.1. The van der Waals surface area contributed by atoms with Crippen molar-refractivity contribution in [1.29, 1.82) is 0 Å². The Morgan fingerprint density at radius 1 is 0.490 bits per heavy atom. The van der Waals surface area contributed by atoms with E-state index in [0.29, 0.717) is 19.6 Å². The number of para-hydroxylation sites is 3. The lowest BCUT2D eigenvalue weighted by Gasteiger charge is -2.31. The van der Waals surface area contributed by atoms with Crippen LogP contribution in [0.3, 0.4) is 0 Å². The van der Waals surface area contributed by atoms with Crippen LogP contribution in [0.4, 0.5) is 26.7 Å². The molecule has 4 amide bonds. The number of urea groups is 2. The predicted molar refractivity (Wildman–Crippen MR) is 192 cm³/mol. The van der Waals surface area contributed by atoms with Crippen LogP contribution in [0.15, 0.2) is 158 Å². The molecule has 6 aromatic rings. The van der Waals surface area contributed by atoms with Crippen molar-refractivity contribution >= 4 is 29.1 Å². The molecule has 2 N–H and O–H groups in total. The molecule has 0 saturated carbocycles. The fraction of sp³-hybridized carbons (Fsp3) is 0.0732. The van der Waals surface area contributed by atoms with Crippen molar-refractivity contribution in [2.24, 2.45) is 0 Å². The molecule has 8 nitrogen and oxygen atoms in total. The first-order valence-electron chi connectivity index (χ1n) is 16.1. The topological polar surface area (TPSA) is 83.1 Å². The van der Waals surface area contributed by atoms with E-state index < -0.39 is 0 Å². The van der Waals surface area contributed by atoms with Crippen LogP contribution in [0.5, 0.6) is 23.0 Å². The van der Waals surface area contributed by atoms with E-state index in [1.807, 2.05) is 158 Å². The highest BCUT2D eigenvalue weighted by Crippen LogP contribution is 2.38. The molecule has 2 heterocycles. The minimum Gasteiger partial charge on any atom is -0.457 e. The molecule has 8 rings (SSSR count). The van der Waals surface area contributed by atoms with Gasteiger partial charge in [-0.05, 0) is 66.2 Å². The summed E-state index contributed by atoms with van der Waals surface area (Å²) >= 11 is 0. The zero-order valence-corrected chi connectivity index (χ0v) is 26.7. The van der Waals surface area contributed by atoms with E-state index in [1.165, 1.54) is 0 Å². The molecule has 0 atom stereocenters. The second-order valence-electron chi connectivity index (χ2n) is 11.4. The molecule has 0 radical (unpaired) electrons. The van der Waals surface area contributed by atoms with Gasteiger partial charge >= 0.3 is 12.1 Å². The number of anilines is 3. The standard InChI is InChI=1S/C21H18N2O2.C20H16N2O2/c24-21-22-14-18-19(23(21)15-16-8-3-1-4-9-16)12-7-13-20(18)25-17-10-5-2-6-11-17;23-20-21-14-17-18(22(20)15-8-3-1-4-9-15)12-7-13-19(17)24-16-10-5-2-6-11-16/h1-13H,14-15H2,(H,22,24);1-13H,14H2,(H,21,23). The van der Waals surface area contributed by atoms with Crippen LogP contribution in [0.1, 0.15) is 16.7 Å². The van der Waals surface area contributed by atoms with Gasteiger partial charge in [-0.1, -0.05) is 97.1 Å². The zero-order valence-electron chi connectivity index (χ0n) is 26.7. The lowest BCUT2D eigenvalue weighted by molar-refractivity contribution is 0.244. The lowest BCUT2D eigenvalue weighted by Crippen LogP contribution is -2.43. The van der Waals surface area contributed by atoms with Crippen molar-refractivity contribution in [1.82, 2.24) is 10.6 Å². The van der Waals surface area contributed by atoms with Gasteiger partial charge < -0.3 is 20.1 Å². The summed E-state index contributed by atoms with van der Waals surface area (Å²) < 4.78 is 12.1. The fourth-order valence-corrected chi connectivity index (χ4v) is 5.83. The quantitative estimate of drug-likeness (QED) is 0.181. The molecule has 0 unspecified atom stereocenters. The SMILES string of the molecule is O=C1NCc2c(Oc3ccccc3)cccc2N1Cc1ccccc1.O=C1NCc2c(Oc3ccccc3)cccc2N1c1ccccc1. The third kappa shape index (κ3) is 7.08. The fourth-order valence-electron chi connectivity index (χ4n) is 5.83. The van der Waals surface area contributed by atoms with Gasteiger partial charge in [-0.15, -0.1) is 0 Å². The van der Waals surface area contributed by atoms with Gasteiger partial charge in [0.1, 0.15) is 23.0 Å². The summed E-state index contributed by atoms with van der Waals surface area (Å²) in [4.78, 5) is 28.2. The van der Waals surface area contributed by atoms with Crippen molar-refractivity contribution < 1.29 is 19.1 Å². The number of nitrogens with one attached hydrogen (secondary N) is 2. The van der Waals surface area contributed by atoms with Gasteiger partial charge in [0, 0.05) is 11.1 Å². The molecule has 8 heteroatoms. The number of hydrogen-bond donors (Lipinski definition) is 2. The normalized spacial score (nSPS) is 13.1. The summed E-state index contributed by atoms with van der Waals surface area (Å²) in [7, 11) is 0. The monoisotopic (exact) mass is 646 g/mol. The third-order valence-corrected chi connectivity index (χ3v) is 8.17. The van der Waals surface area contributed by atoms with Crippen LogP contribution in [-0.2, 0) is 19.6 Å². The van der Waals surface area contributed by atoms with E-state index in [2.05, 4.69) is 10.6 Å². The molecule has 2 aliphatic heterocycles. The predicted octanol–water partition coefficient (Wildman–Crippen LogP) is 9.55. The van der Waals surface area contributed by atoms with Gasteiger partial charge in [-0.3, -0.25) is 9.80 Å². The number of benzene rings is 6. The second-order valence-corrected chi connectivity index (χ2v) is 11.4. The smallest absolute Gasteiger partial charge is 0.326 e. The maximum Gasteiger partial charge on any atom is 0.326 e. The molecule has 0 fully saturated rings. The Morgan fingerprint density at radius 2 is 0.959 bits per heavy atom. The lowest BCUT2D eigenvalue weighted by atomic mass is 10.1. The van der Waals surface area contributed by atoms with E-state index in [1.54, 1.807) is 9.80 Å². The van der Waals surface area contributed by atoms with Gasteiger partial charge in [0.2, 0.25) is 0 Å².